The zero-order valence-electron chi connectivity index (χ0n) is 18.9. The van der Waals surface area contributed by atoms with Crippen LogP contribution >= 0.6 is 11.6 Å². The number of rotatable bonds is 7. The molecule has 0 bridgehead atoms. The number of hydrogen-bond donors (Lipinski definition) is 2. The molecule has 7 nitrogen and oxygen atoms in total. The highest BCUT2D eigenvalue weighted by Crippen LogP contribution is 2.38. The lowest BCUT2D eigenvalue weighted by Crippen LogP contribution is -2.32. The van der Waals surface area contributed by atoms with Crippen LogP contribution in [0.4, 0.5) is 27.6 Å². The van der Waals surface area contributed by atoms with Gasteiger partial charge in [0.05, 0.1) is 27.9 Å². The first-order valence-electron chi connectivity index (χ1n) is 10.8. The first-order chi connectivity index (χ1) is 16.9. The number of carbonyl (C=O) groups is 1. The van der Waals surface area contributed by atoms with E-state index in [0.717, 1.165) is 25.0 Å². The summed E-state index contributed by atoms with van der Waals surface area (Å²) in [4.78, 5) is 17.0. The van der Waals surface area contributed by atoms with Crippen molar-refractivity contribution in [2.45, 2.75) is 51.1 Å². The summed E-state index contributed by atoms with van der Waals surface area (Å²) in [5.41, 5.74) is -1.42. The van der Waals surface area contributed by atoms with Crippen LogP contribution in [-0.2, 0) is 0 Å². The van der Waals surface area contributed by atoms with Crippen molar-refractivity contribution < 1.29 is 36.6 Å². The summed E-state index contributed by atoms with van der Waals surface area (Å²) in [6.07, 6.45) is -6.65. The Hall–Kier alpha value is -3.25. The molecule has 192 valence electrons. The van der Waals surface area contributed by atoms with Crippen LogP contribution in [0.3, 0.4) is 0 Å². The number of aliphatic hydroxyl groups is 1. The molecule has 0 radical (unpaired) electrons. The number of benzene rings is 2. The van der Waals surface area contributed by atoms with Crippen LogP contribution in [0.2, 0.25) is 5.02 Å². The minimum Gasteiger partial charge on any atom is -0.480 e. The minimum atomic E-state index is -4.80. The molecule has 0 saturated heterocycles. The third kappa shape index (κ3) is 5.29. The number of aromatic nitrogens is 3. The second kappa shape index (κ2) is 9.66. The highest BCUT2D eigenvalue weighted by atomic mass is 35.5. The molecule has 36 heavy (non-hydrogen) atoms. The third-order valence-corrected chi connectivity index (χ3v) is 5.76. The molecule has 1 amide bonds. The fraction of sp³-hybridized carbons (Fsp3) is 0.348. The van der Waals surface area contributed by atoms with E-state index in [9.17, 15) is 27.5 Å². The molecule has 1 heterocycles. The lowest BCUT2D eigenvalue weighted by molar-refractivity contribution is -0.189. The Balaban J connectivity index is 1.79. The number of para-hydroxylation sites is 1. The van der Waals surface area contributed by atoms with Crippen LogP contribution in [0.15, 0.2) is 30.3 Å². The molecule has 13 heteroatoms. The maximum absolute atomic E-state index is 15.2. The molecule has 0 spiro atoms. The number of hydrogen-bond acceptors (Lipinski definition) is 5. The zero-order chi connectivity index (χ0) is 26.4. The number of halogens is 6. The smallest absolute Gasteiger partial charge is 0.425 e. The van der Waals surface area contributed by atoms with Gasteiger partial charge in [-0.1, -0.05) is 17.7 Å². The second-order valence-corrected chi connectivity index (χ2v) is 8.73. The summed E-state index contributed by atoms with van der Waals surface area (Å²) in [5, 5.41) is 16.2. The topological polar surface area (TPSA) is 89.3 Å². The van der Waals surface area contributed by atoms with Gasteiger partial charge < -0.3 is 15.2 Å². The third-order valence-electron chi connectivity index (χ3n) is 5.44. The summed E-state index contributed by atoms with van der Waals surface area (Å²) in [7, 11) is 0. The maximum Gasteiger partial charge on any atom is 0.425 e. The molecular weight excluding hydrogens is 511 g/mol. The van der Waals surface area contributed by atoms with E-state index in [4.69, 9.17) is 16.3 Å². The molecule has 1 fully saturated rings. The fourth-order valence-electron chi connectivity index (χ4n) is 3.38. The second-order valence-electron chi connectivity index (χ2n) is 8.33. The van der Waals surface area contributed by atoms with Crippen molar-refractivity contribution in [2.24, 2.45) is 0 Å². The molecule has 1 aromatic heterocycles. The van der Waals surface area contributed by atoms with Crippen molar-refractivity contribution in [3.05, 3.63) is 58.4 Å². The monoisotopic (exact) mass is 530 g/mol. The van der Waals surface area contributed by atoms with E-state index in [2.05, 4.69) is 15.4 Å². The van der Waals surface area contributed by atoms with E-state index in [0.29, 0.717) is 13.0 Å². The predicted octanol–water partition coefficient (Wildman–Crippen LogP) is 5.85. The van der Waals surface area contributed by atoms with Gasteiger partial charge in [0.2, 0.25) is 0 Å². The van der Waals surface area contributed by atoms with Crippen molar-refractivity contribution in [1.82, 2.24) is 14.8 Å². The SMILES string of the molecule is C[C@H](O)c1nc(-c2cc(O[C@@H](C)C(F)(F)F)c(C(=O)Nc3c(F)cccc3Cl)cc2F)nn1C1CC1. The molecule has 0 unspecified atom stereocenters. The molecule has 1 aliphatic rings. The molecule has 2 aromatic carbocycles. The Morgan fingerprint density at radius 1 is 1.22 bits per heavy atom. The van der Waals surface area contributed by atoms with Crippen molar-refractivity contribution in [2.75, 3.05) is 5.32 Å². The van der Waals surface area contributed by atoms with Gasteiger partial charge in [-0.3, -0.25) is 4.79 Å². The average Bonchev–Trinajstić information content (AvgIpc) is 3.54. The number of ether oxygens (including phenoxy) is 1. The number of nitrogens with one attached hydrogen (secondary N) is 1. The molecule has 2 atom stereocenters. The van der Waals surface area contributed by atoms with E-state index in [1.165, 1.54) is 23.7 Å². The van der Waals surface area contributed by atoms with E-state index < -0.39 is 52.9 Å². The van der Waals surface area contributed by atoms with Crippen molar-refractivity contribution in [3.8, 4) is 17.1 Å². The van der Waals surface area contributed by atoms with Gasteiger partial charge in [-0.05, 0) is 51.0 Å². The molecule has 0 aliphatic heterocycles. The standard InChI is InChI=1S/C23H20ClF5N4O3/c1-10(34)21-31-20(32-33(21)12-6-7-12)13-9-18(36-11(2)23(27,28)29)14(8-17(13)26)22(35)30-19-15(24)4-3-5-16(19)25/h3-5,8-12,34H,6-7H2,1-2H3,(H,30,35)/t10-,11-/m0/s1. The fourth-order valence-corrected chi connectivity index (χ4v) is 3.59. The number of aliphatic hydroxyl groups excluding tert-OH is 1. The zero-order valence-corrected chi connectivity index (χ0v) is 19.7. The number of carbonyl (C=O) groups excluding carboxylic acids is 1. The summed E-state index contributed by atoms with van der Waals surface area (Å²) in [6.45, 7) is 2.16. The van der Waals surface area contributed by atoms with E-state index in [-0.39, 0.29) is 28.3 Å². The van der Waals surface area contributed by atoms with Crippen LogP contribution in [0.25, 0.3) is 11.4 Å². The van der Waals surface area contributed by atoms with Crippen molar-refractivity contribution in [3.63, 3.8) is 0 Å². The Labute approximate surface area is 206 Å². The first-order valence-corrected chi connectivity index (χ1v) is 11.2. The van der Waals surface area contributed by atoms with Gasteiger partial charge in [-0.25, -0.2) is 18.4 Å². The van der Waals surface area contributed by atoms with E-state index in [1.54, 1.807) is 0 Å². The summed E-state index contributed by atoms with van der Waals surface area (Å²) in [6, 6.07) is 5.07. The Morgan fingerprint density at radius 2 is 1.92 bits per heavy atom. The highest BCUT2D eigenvalue weighted by Gasteiger charge is 2.39. The predicted molar refractivity (Wildman–Crippen MR) is 120 cm³/mol. The summed E-state index contributed by atoms with van der Waals surface area (Å²) in [5.74, 6) is -3.78. The van der Waals surface area contributed by atoms with E-state index >= 15 is 4.39 Å². The van der Waals surface area contributed by atoms with Gasteiger partial charge in [0.15, 0.2) is 17.8 Å². The summed E-state index contributed by atoms with van der Waals surface area (Å²) >= 11 is 5.91. The lowest BCUT2D eigenvalue weighted by atomic mass is 10.1. The summed E-state index contributed by atoms with van der Waals surface area (Å²) < 4.78 is 75.5. The quantitative estimate of drug-likeness (QED) is 0.374. The van der Waals surface area contributed by atoms with Gasteiger partial charge in [0.25, 0.3) is 5.91 Å². The van der Waals surface area contributed by atoms with Crippen LogP contribution in [-0.4, -0.2) is 38.1 Å². The Kier molecular flexibility index (Phi) is 6.93. The number of alkyl halides is 3. The van der Waals surface area contributed by atoms with Crippen LogP contribution in [0.1, 0.15) is 55.0 Å². The first kappa shape index (κ1) is 25.8. The normalized spacial score (nSPS) is 15.5. The van der Waals surface area contributed by atoms with E-state index in [1.807, 2.05) is 0 Å². The number of anilines is 1. The number of nitrogens with zero attached hydrogens (tertiary/aromatic N) is 3. The molecule has 2 N–H and O–H groups in total. The average molecular weight is 531 g/mol. The molecule has 1 saturated carbocycles. The van der Waals surface area contributed by atoms with Crippen LogP contribution in [0.5, 0.6) is 5.75 Å². The molecule has 4 rings (SSSR count). The van der Waals surface area contributed by atoms with Gasteiger partial charge >= 0.3 is 6.18 Å². The lowest BCUT2D eigenvalue weighted by Gasteiger charge is -2.20. The van der Waals surface area contributed by atoms with Gasteiger partial charge in [0.1, 0.15) is 23.5 Å². The molecular formula is C23H20ClF5N4O3. The van der Waals surface area contributed by atoms with Gasteiger partial charge in [-0.2, -0.15) is 18.3 Å². The van der Waals surface area contributed by atoms with Crippen LogP contribution < -0.4 is 10.1 Å². The van der Waals surface area contributed by atoms with Gasteiger partial charge in [-0.15, -0.1) is 0 Å². The molecule has 3 aromatic rings. The van der Waals surface area contributed by atoms with Crippen molar-refractivity contribution >= 4 is 23.2 Å². The number of amides is 1. The van der Waals surface area contributed by atoms with Crippen molar-refractivity contribution in [1.29, 1.82) is 0 Å². The maximum atomic E-state index is 15.2. The van der Waals surface area contributed by atoms with Crippen LogP contribution in [0, 0.1) is 11.6 Å². The largest absolute Gasteiger partial charge is 0.480 e. The minimum absolute atomic E-state index is 0.0320. The Bertz CT molecular complexity index is 1270. The Morgan fingerprint density at radius 3 is 2.50 bits per heavy atom. The van der Waals surface area contributed by atoms with Gasteiger partial charge in [0, 0.05) is 0 Å². The molecule has 1 aliphatic carbocycles. The highest BCUT2D eigenvalue weighted by molar-refractivity contribution is 6.34.